The minimum atomic E-state index is -4.64. The highest BCUT2D eigenvalue weighted by molar-refractivity contribution is 7.99. The summed E-state index contributed by atoms with van der Waals surface area (Å²) in [6.45, 7) is 1.14. The maximum absolute atomic E-state index is 13.1. The van der Waals surface area contributed by atoms with Crippen LogP contribution in [-0.4, -0.2) is 42.9 Å². The molecule has 7 nitrogen and oxygen atoms in total. The largest absolute Gasteiger partial charge is 0.451 e. The average molecular weight is 382 g/mol. The lowest BCUT2D eigenvalue weighted by atomic mass is 10.2. The van der Waals surface area contributed by atoms with Crippen LogP contribution in [0, 0.1) is 0 Å². The minimum absolute atomic E-state index is 0.00531. The average Bonchev–Trinajstić information content (AvgIpc) is 3.27. The molecule has 0 saturated carbocycles. The predicted molar refractivity (Wildman–Crippen MR) is 85.5 cm³/mol. The molecule has 136 valence electrons. The van der Waals surface area contributed by atoms with Crippen LogP contribution in [0.15, 0.2) is 34.4 Å². The van der Waals surface area contributed by atoms with Gasteiger partial charge in [-0.3, -0.25) is 0 Å². The van der Waals surface area contributed by atoms with Gasteiger partial charge in [0.1, 0.15) is 5.03 Å². The van der Waals surface area contributed by atoms with Gasteiger partial charge in [0, 0.05) is 12.0 Å². The minimum Gasteiger partial charge on any atom is -0.376 e. The van der Waals surface area contributed by atoms with Crippen LogP contribution >= 0.6 is 11.8 Å². The number of hydrogen-bond acceptors (Lipinski definition) is 7. The van der Waals surface area contributed by atoms with Crippen molar-refractivity contribution < 1.29 is 17.9 Å². The first-order chi connectivity index (χ1) is 12.5. The first-order valence-corrected chi connectivity index (χ1v) is 8.72. The van der Waals surface area contributed by atoms with Crippen molar-refractivity contribution in [2.75, 3.05) is 6.61 Å². The van der Waals surface area contributed by atoms with Gasteiger partial charge in [-0.15, -0.1) is 5.10 Å². The number of hydrogen-bond donors (Lipinski definition) is 0. The predicted octanol–water partition coefficient (Wildman–Crippen LogP) is 2.97. The Labute approximate surface area is 150 Å². The van der Waals surface area contributed by atoms with Crippen LogP contribution in [0.3, 0.4) is 0 Å². The Bertz CT molecular complexity index is 925. The SMILES string of the molecule is FC(F)(F)c1nc(Sc2nnnn2CC2CCCO2)c2ccccc2n1. The second-order valence-electron chi connectivity index (χ2n) is 5.75. The standard InChI is InChI=1S/C15H13F3N6OS/c16-15(17,18)13-19-11-6-2-1-5-10(11)12(20-13)26-14-21-22-23-24(14)8-9-4-3-7-25-9/h1-2,5-6,9H,3-4,7-8H2. The molecule has 1 aliphatic heterocycles. The van der Waals surface area contributed by atoms with E-state index in [0.29, 0.717) is 23.7 Å². The summed E-state index contributed by atoms with van der Waals surface area (Å²) in [5, 5.41) is 12.5. The van der Waals surface area contributed by atoms with E-state index in [2.05, 4.69) is 25.5 Å². The summed E-state index contributed by atoms with van der Waals surface area (Å²) in [7, 11) is 0. The smallest absolute Gasteiger partial charge is 0.376 e. The monoisotopic (exact) mass is 382 g/mol. The van der Waals surface area contributed by atoms with Crippen LogP contribution in [0.4, 0.5) is 13.2 Å². The maximum atomic E-state index is 13.1. The zero-order valence-electron chi connectivity index (χ0n) is 13.3. The summed E-state index contributed by atoms with van der Waals surface area (Å²) < 4.78 is 46.5. The number of rotatable bonds is 4. The van der Waals surface area contributed by atoms with Crippen molar-refractivity contribution in [2.24, 2.45) is 0 Å². The van der Waals surface area contributed by atoms with Crippen LogP contribution < -0.4 is 0 Å². The molecule has 4 rings (SSSR count). The third-order valence-electron chi connectivity index (χ3n) is 3.91. The second kappa shape index (κ2) is 6.80. The van der Waals surface area contributed by atoms with Gasteiger partial charge in [0.05, 0.1) is 18.2 Å². The van der Waals surface area contributed by atoms with Crippen molar-refractivity contribution in [1.29, 1.82) is 0 Å². The molecule has 1 saturated heterocycles. The summed E-state index contributed by atoms with van der Waals surface area (Å²) in [5.41, 5.74) is 0.218. The van der Waals surface area contributed by atoms with Crippen LogP contribution in [0.25, 0.3) is 10.9 Å². The number of nitrogens with zero attached hydrogens (tertiary/aromatic N) is 6. The molecule has 0 radical (unpaired) electrons. The van der Waals surface area contributed by atoms with Crippen molar-refractivity contribution >= 4 is 22.7 Å². The molecule has 11 heteroatoms. The molecule has 1 unspecified atom stereocenters. The van der Waals surface area contributed by atoms with Crippen LogP contribution in [0.5, 0.6) is 0 Å². The van der Waals surface area contributed by atoms with E-state index in [-0.39, 0.29) is 16.6 Å². The van der Waals surface area contributed by atoms with E-state index >= 15 is 0 Å². The Morgan fingerprint density at radius 3 is 2.85 bits per heavy atom. The first-order valence-electron chi connectivity index (χ1n) is 7.90. The lowest BCUT2D eigenvalue weighted by Gasteiger charge is -2.11. The molecule has 1 atom stereocenters. The van der Waals surface area contributed by atoms with Crippen LogP contribution in [0.2, 0.25) is 0 Å². The van der Waals surface area contributed by atoms with E-state index in [0.717, 1.165) is 24.6 Å². The highest BCUT2D eigenvalue weighted by Crippen LogP contribution is 2.34. The van der Waals surface area contributed by atoms with Gasteiger partial charge in [-0.1, -0.05) is 18.2 Å². The number of alkyl halides is 3. The van der Waals surface area contributed by atoms with E-state index in [1.165, 1.54) is 10.7 Å². The van der Waals surface area contributed by atoms with Crippen molar-refractivity contribution in [3.05, 3.63) is 30.1 Å². The second-order valence-corrected chi connectivity index (χ2v) is 6.70. The Morgan fingerprint density at radius 1 is 1.23 bits per heavy atom. The summed E-state index contributed by atoms with van der Waals surface area (Å²) in [6.07, 6.45) is -2.76. The molecule has 3 heterocycles. The number of aromatic nitrogens is 6. The molecule has 1 aliphatic rings. The lowest BCUT2D eigenvalue weighted by Crippen LogP contribution is -2.17. The number of halogens is 3. The molecule has 26 heavy (non-hydrogen) atoms. The quantitative estimate of drug-likeness (QED) is 0.642. The van der Waals surface area contributed by atoms with Crippen LogP contribution in [-0.2, 0) is 17.5 Å². The summed E-state index contributed by atoms with van der Waals surface area (Å²) in [5.74, 6) is -1.18. The molecule has 0 aliphatic carbocycles. The maximum Gasteiger partial charge on any atom is 0.451 e. The van der Waals surface area contributed by atoms with Gasteiger partial charge in [-0.2, -0.15) is 13.2 Å². The zero-order valence-corrected chi connectivity index (χ0v) is 14.2. The van der Waals surface area contributed by atoms with E-state index < -0.39 is 12.0 Å². The fraction of sp³-hybridized carbons (Fsp3) is 0.400. The lowest BCUT2D eigenvalue weighted by molar-refractivity contribution is -0.145. The van der Waals surface area contributed by atoms with Crippen LogP contribution in [0.1, 0.15) is 18.7 Å². The van der Waals surface area contributed by atoms with Gasteiger partial charge >= 0.3 is 6.18 Å². The number of tetrazole rings is 1. The van der Waals surface area contributed by atoms with Gasteiger partial charge in [-0.25, -0.2) is 14.6 Å². The van der Waals surface area contributed by atoms with Crippen molar-refractivity contribution in [2.45, 2.75) is 41.8 Å². The molecule has 0 amide bonds. The Balaban J connectivity index is 1.70. The summed E-state index contributed by atoms with van der Waals surface area (Å²) >= 11 is 0.984. The number of ether oxygens (including phenoxy) is 1. The highest BCUT2D eigenvalue weighted by Gasteiger charge is 2.35. The third-order valence-corrected chi connectivity index (χ3v) is 4.89. The van der Waals surface area contributed by atoms with E-state index in [1.54, 1.807) is 18.2 Å². The van der Waals surface area contributed by atoms with Gasteiger partial charge in [-0.05, 0) is 41.1 Å². The molecule has 2 aromatic heterocycles. The summed E-state index contributed by atoms with van der Waals surface area (Å²) in [4.78, 5) is 7.32. The van der Waals surface area contributed by atoms with Crippen molar-refractivity contribution in [3.63, 3.8) is 0 Å². The highest BCUT2D eigenvalue weighted by atomic mass is 32.2. The molecule has 1 aromatic carbocycles. The van der Waals surface area contributed by atoms with Gasteiger partial charge < -0.3 is 4.74 Å². The number of benzene rings is 1. The van der Waals surface area contributed by atoms with Gasteiger partial charge in [0.15, 0.2) is 0 Å². The molecule has 0 bridgehead atoms. The third kappa shape index (κ3) is 3.49. The Kier molecular flexibility index (Phi) is 4.49. The first kappa shape index (κ1) is 17.2. The zero-order chi connectivity index (χ0) is 18.1. The topological polar surface area (TPSA) is 78.6 Å². The van der Waals surface area contributed by atoms with E-state index in [4.69, 9.17) is 4.74 Å². The van der Waals surface area contributed by atoms with Crippen molar-refractivity contribution in [1.82, 2.24) is 30.2 Å². The number of para-hydroxylation sites is 1. The molecular weight excluding hydrogens is 369 g/mol. The van der Waals surface area contributed by atoms with E-state index in [9.17, 15) is 13.2 Å². The molecule has 3 aromatic rings. The molecule has 0 spiro atoms. The Hall–Kier alpha value is -2.27. The fourth-order valence-corrected chi connectivity index (χ4v) is 3.59. The van der Waals surface area contributed by atoms with Crippen molar-refractivity contribution in [3.8, 4) is 0 Å². The molecular formula is C15H13F3N6OS. The normalized spacial score (nSPS) is 17.9. The molecule has 0 N–H and O–H groups in total. The summed E-state index contributed by atoms with van der Waals surface area (Å²) in [6, 6.07) is 6.54. The van der Waals surface area contributed by atoms with E-state index in [1.807, 2.05) is 0 Å². The number of fused-ring (bicyclic) bond motifs is 1. The van der Waals surface area contributed by atoms with Gasteiger partial charge in [0.25, 0.3) is 0 Å². The fourth-order valence-electron chi connectivity index (χ4n) is 2.70. The Morgan fingerprint density at radius 2 is 2.08 bits per heavy atom. The van der Waals surface area contributed by atoms with Gasteiger partial charge in [0.2, 0.25) is 11.0 Å². The molecule has 1 fully saturated rings.